The van der Waals surface area contributed by atoms with Gasteiger partial charge in [-0.3, -0.25) is 9.32 Å². The minimum absolute atomic E-state index is 0.158. The highest BCUT2D eigenvalue weighted by molar-refractivity contribution is 7.47. The number of phosphoric ester groups is 1. The maximum Gasteiger partial charge on any atom is 0.493 e. The molecule has 0 bridgehead atoms. The van der Waals surface area contributed by atoms with E-state index in [4.69, 9.17) is 4.89 Å². The number of rotatable bonds is 4. The molecule has 0 aliphatic rings. The predicted molar refractivity (Wildman–Crippen MR) is 40.9 cm³/mol. The molecule has 2 N–H and O–H groups in total. The predicted octanol–water partition coefficient (Wildman–Crippen LogP) is 0.357. The van der Waals surface area contributed by atoms with Gasteiger partial charge in [0.25, 0.3) is 5.91 Å². The van der Waals surface area contributed by atoms with E-state index in [9.17, 15) is 9.36 Å². The van der Waals surface area contributed by atoms with E-state index in [1.807, 2.05) is 0 Å². The van der Waals surface area contributed by atoms with Crippen LogP contribution in [0.5, 0.6) is 0 Å². The molecular formula is C5H10NO5P. The van der Waals surface area contributed by atoms with Crippen molar-refractivity contribution >= 4 is 13.7 Å². The SMILES string of the molecule is C=C(C)C(=O)NOP(=O)(O)OC. The van der Waals surface area contributed by atoms with Gasteiger partial charge >= 0.3 is 7.82 Å². The molecule has 0 radical (unpaired) electrons. The summed E-state index contributed by atoms with van der Waals surface area (Å²) in [6, 6.07) is 0. The van der Waals surface area contributed by atoms with Crippen molar-refractivity contribution in [3.8, 4) is 0 Å². The highest BCUT2D eigenvalue weighted by atomic mass is 31.2. The fraction of sp³-hybridized carbons (Fsp3) is 0.400. The zero-order valence-electron chi connectivity index (χ0n) is 6.73. The van der Waals surface area contributed by atoms with E-state index in [0.717, 1.165) is 7.11 Å². The van der Waals surface area contributed by atoms with Crippen molar-refractivity contribution in [1.29, 1.82) is 0 Å². The highest BCUT2D eigenvalue weighted by Gasteiger charge is 2.20. The molecule has 0 spiro atoms. The van der Waals surface area contributed by atoms with Crippen LogP contribution in [0, 0.1) is 0 Å². The van der Waals surface area contributed by atoms with Crippen LogP contribution in [-0.4, -0.2) is 17.9 Å². The van der Waals surface area contributed by atoms with E-state index in [0.29, 0.717) is 0 Å². The van der Waals surface area contributed by atoms with Gasteiger partial charge in [0.05, 0.1) is 0 Å². The first-order valence-corrected chi connectivity index (χ1v) is 4.41. The molecule has 1 unspecified atom stereocenters. The van der Waals surface area contributed by atoms with Crippen LogP contribution in [0.1, 0.15) is 6.92 Å². The first-order valence-electron chi connectivity index (χ1n) is 2.92. The lowest BCUT2D eigenvalue weighted by atomic mass is 10.3. The number of hydrogen-bond acceptors (Lipinski definition) is 4. The molecule has 0 aliphatic heterocycles. The van der Waals surface area contributed by atoms with Crippen LogP contribution in [0.15, 0.2) is 12.2 Å². The van der Waals surface area contributed by atoms with Crippen molar-refractivity contribution < 1.29 is 23.4 Å². The standard InChI is InChI=1S/C5H10NO5P/c1-4(2)5(7)6-11-12(8,9)10-3/h1H2,2-3H3,(H,6,7)(H,8,9). The van der Waals surface area contributed by atoms with Gasteiger partial charge in [-0.2, -0.15) is 4.62 Å². The van der Waals surface area contributed by atoms with Crippen LogP contribution < -0.4 is 5.48 Å². The molecule has 0 aromatic heterocycles. The molecule has 0 saturated carbocycles. The lowest BCUT2D eigenvalue weighted by Crippen LogP contribution is -2.22. The average Bonchev–Trinajstić information content (AvgIpc) is 2.00. The van der Waals surface area contributed by atoms with Crippen molar-refractivity contribution in [1.82, 2.24) is 5.48 Å². The second-order valence-corrected chi connectivity index (χ2v) is 3.44. The van der Waals surface area contributed by atoms with Crippen molar-refractivity contribution in [2.45, 2.75) is 6.92 Å². The van der Waals surface area contributed by atoms with Gasteiger partial charge in [-0.05, 0) is 6.92 Å². The summed E-state index contributed by atoms with van der Waals surface area (Å²) < 4.78 is 18.6. The Morgan fingerprint density at radius 3 is 2.50 bits per heavy atom. The quantitative estimate of drug-likeness (QED) is 0.384. The Bertz CT molecular complexity index is 238. The normalized spacial score (nSPS) is 14.9. The molecule has 0 saturated heterocycles. The maximum absolute atomic E-state index is 10.7. The number of carbonyl (C=O) groups is 1. The molecule has 1 atom stereocenters. The van der Waals surface area contributed by atoms with Gasteiger partial charge in [0.1, 0.15) is 0 Å². The summed E-state index contributed by atoms with van der Waals surface area (Å²) in [6.45, 7) is 4.70. The molecule has 70 valence electrons. The van der Waals surface area contributed by atoms with Crippen LogP contribution in [0.2, 0.25) is 0 Å². The Morgan fingerprint density at radius 2 is 2.17 bits per heavy atom. The van der Waals surface area contributed by atoms with Crippen molar-refractivity contribution in [3.63, 3.8) is 0 Å². The molecule has 0 aromatic carbocycles. The van der Waals surface area contributed by atoms with Gasteiger partial charge < -0.3 is 4.89 Å². The van der Waals surface area contributed by atoms with E-state index in [1.165, 1.54) is 6.92 Å². The van der Waals surface area contributed by atoms with Crippen LogP contribution in [0.3, 0.4) is 0 Å². The van der Waals surface area contributed by atoms with Crippen LogP contribution >= 0.6 is 7.82 Å². The molecule has 0 heterocycles. The van der Waals surface area contributed by atoms with Crippen LogP contribution in [-0.2, 0) is 18.5 Å². The lowest BCUT2D eigenvalue weighted by molar-refractivity contribution is -0.124. The molecule has 0 aliphatic carbocycles. The minimum atomic E-state index is -4.14. The van der Waals surface area contributed by atoms with E-state index < -0.39 is 13.7 Å². The third kappa shape index (κ3) is 4.25. The summed E-state index contributed by atoms with van der Waals surface area (Å²) >= 11 is 0. The number of nitrogens with one attached hydrogen (secondary N) is 1. The Labute approximate surface area is 69.7 Å². The summed E-state index contributed by atoms with van der Waals surface area (Å²) in [6.07, 6.45) is 0. The molecule has 0 rings (SSSR count). The number of carbonyl (C=O) groups excluding carboxylic acids is 1. The molecule has 0 fully saturated rings. The zero-order valence-corrected chi connectivity index (χ0v) is 7.63. The monoisotopic (exact) mass is 195 g/mol. The Morgan fingerprint density at radius 1 is 1.67 bits per heavy atom. The highest BCUT2D eigenvalue weighted by Crippen LogP contribution is 2.40. The lowest BCUT2D eigenvalue weighted by Gasteiger charge is -2.08. The first-order chi connectivity index (χ1) is 5.39. The topological polar surface area (TPSA) is 84.9 Å². The van der Waals surface area contributed by atoms with E-state index in [2.05, 4.69) is 15.7 Å². The molecule has 6 nitrogen and oxygen atoms in total. The summed E-state index contributed by atoms with van der Waals surface area (Å²) in [7, 11) is -3.16. The van der Waals surface area contributed by atoms with Crippen molar-refractivity contribution in [3.05, 3.63) is 12.2 Å². The van der Waals surface area contributed by atoms with Gasteiger partial charge in [-0.1, -0.05) is 6.58 Å². The Balaban J connectivity index is 3.92. The fourth-order valence-corrected chi connectivity index (χ4v) is 0.496. The second-order valence-electron chi connectivity index (χ2n) is 1.95. The van der Waals surface area contributed by atoms with Crippen molar-refractivity contribution in [2.24, 2.45) is 0 Å². The maximum atomic E-state index is 10.7. The van der Waals surface area contributed by atoms with Gasteiger partial charge in [0, 0.05) is 12.7 Å². The number of hydroxylamine groups is 1. The van der Waals surface area contributed by atoms with E-state index in [-0.39, 0.29) is 5.57 Å². The minimum Gasteiger partial charge on any atom is -0.301 e. The van der Waals surface area contributed by atoms with E-state index >= 15 is 0 Å². The smallest absolute Gasteiger partial charge is 0.301 e. The number of amides is 1. The molecular weight excluding hydrogens is 185 g/mol. The summed E-state index contributed by atoms with van der Waals surface area (Å²) in [5.74, 6) is -0.679. The summed E-state index contributed by atoms with van der Waals surface area (Å²) in [5.41, 5.74) is 1.86. The second kappa shape index (κ2) is 4.37. The summed E-state index contributed by atoms with van der Waals surface area (Å²) in [5, 5.41) is 0. The van der Waals surface area contributed by atoms with Crippen LogP contribution in [0.4, 0.5) is 0 Å². The third-order valence-corrected chi connectivity index (χ3v) is 1.66. The van der Waals surface area contributed by atoms with Gasteiger partial charge in [0.15, 0.2) is 0 Å². The van der Waals surface area contributed by atoms with E-state index in [1.54, 1.807) is 5.48 Å². The average molecular weight is 195 g/mol. The molecule has 12 heavy (non-hydrogen) atoms. The first kappa shape index (κ1) is 11.3. The van der Waals surface area contributed by atoms with Crippen LogP contribution in [0.25, 0.3) is 0 Å². The Kier molecular flexibility index (Phi) is 4.12. The van der Waals surface area contributed by atoms with Gasteiger partial charge in [0.2, 0.25) is 0 Å². The zero-order chi connectivity index (χ0) is 9.78. The molecule has 7 heteroatoms. The summed E-state index contributed by atoms with van der Waals surface area (Å²) in [4.78, 5) is 19.3. The number of phosphoric acid groups is 1. The number of hydrogen-bond donors (Lipinski definition) is 2. The Hall–Kier alpha value is -0.680. The third-order valence-electron chi connectivity index (χ3n) is 0.872. The van der Waals surface area contributed by atoms with Gasteiger partial charge in [-0.15, -0.1) is 0 Å². The largest absolute Gasteiger partial charge is 0.493 e. The molecule has 1 amide bonds. The van der Waals surface area contributed by atoms with Gasteiger partial charge in [-0.25, -0.2) is 10.0 Å². The molecule has 0 aromatic rings. The van der Waals surface area contributed by atoms with Crippen molar-refractivity contribution in [2.75, 3.05) is 7.11 Å². The fourth-order valence-electron chi connectivity index (χ4n) is 0.224.